The highest BCUT2D eigenvalue weighted by atomic mass is 16.5. The topological polar surface area (TPSA) is 56.2 Å². The fraction of sp³-hybridized carbons (Fsp3) is 0.667. The summed E-state index contributed by atoms with van der Waals surface area (Å²) in [5, 5.41) is 7.34. The van der Waals surface area contributed by atoms with E-state index in [9.17, 15) is 4.79 Å². The predicted octanol–water partition coefficient (Wildman–Crippen LogP) is 0.814. The highest BCUT2D eigenvalue weighted by Gasteiger charge is 2.51. The van der Waals surface area contributed by atoms with Crippen molar-refractivity contribution in [3.8, 4) is 0 Å². The van der Waals surface area contributed by atoms with E-state index in [1.165, 1.54) is 0 Å². The van der Waals surface area contributed by atoms with Crippen LogP contribution in [0.4, 0.5) is 0 Å². The third kappa shape index (κ3) is 2.34. The Kier molecular flexibility index (Phi) is 3.47. The van der Waals surface area contributed by atoms with Crippen molar-refractivity contribution in [2.24, 2.45) is 5.92 Å². The summed E-state index contributed by atoms with van der Waals surface area (Å²) < 4.78 is 6.99. The molecule has 1 heterocycles. The van der Waals surface area contributed by atoms with Gasteiger partial charge in [-0.05, 0) is 38.8 Å². The fourth-order valence-corrected chi connectivity index (χ4v) is 2.23. The summed E-state index contributed by atoms with van der Waals surface area (Å²) >= 11 is 0. The van der Waals surface area contributed by atoms with Gasteiger partial charge in [0, 0.05) is 12.4 Å². The minimum Gasteiger partial charge on any atom is -0.465 e. The van der Waals surface area contributed by atoms with E-state index >= 15 is 0 Å². The van der Waals surface area contributed by atoms with Crippen molar-refractivity contribution < 1.29 is 9.53 Å². The monoisotopic (exact) mass is 237 g/mol. The Labute approximate surface area is 101 Å². The lowest BCUT2D eigenvalue weighted by atomic mass is 9.93. The van der Waals surface area contributed by atoms with Gasteiger partial charge in [0.25, 0.3) is 0 Å². The average molecular weight is 237 g/mol. The van der Waals surface area contributed by atoms with Crippen LogP contribution in [0.15, 0.2) is 18.5 Å². The first-order valence-electron chi connectivity index (χ1n) is 6.06. The normalized spacial score (nSPS) is 18.7. The number of likely N-dealkylation sites (N-methyl/N-ethyl adjacent to an activating group) is 1. The van der Waals surface area contributed by atoms with Gasteiger partial charge in [0.15, 0.2) is 0 Å². The summed E-state index contributed by atoms with van der Waals surface area (Å²) in [6.45, 7) is 2.77. The van der Waals surface area contributed by atoms with Gasteiger partial charge in [-0.3, -0.25) is 4.68 Å². The van der Waals surface area contributed by atoms with Crippen molar-refractivity contribution in [2.45, 2.75) is 31.8 Å². The molecule has 1 fully saturated rings. The molecule has 1 atom stereocenters. The first-order valence-corrected chi connectivity index (χ1v) is 6.06. The van der Waals surface area contributed by atoms with Crippen LogP contribution in [-0.2, 0) is 16.1 Å². The van der Waals surface area contributed by atoms with Gasteiger partial charge in [0.1, 0.15) is 5.54 Å². The second-order valence-electron chi connectivity index (χ2n) is 4.42. The number of carbonyl (C=O) groups is 1. The standard InChI is InChI=1S/C12H19N3O2/c1-3-17-11(16)12(13-2,10-5-6-10)9-15-8-4-7-14-15/h4,7-8,10,13H,3,5-6,9H2,1-2H3. The molecule has 2 rings (SSSR count). The largest absolute Gasteiger partial charge is 0.465 e. The van der Waals surface area contributed by atoms with Crippen molar-refractivity contribution >= 4 is 5.97 Å². The highest BCUT2D eigenvalue weighted by Crippen LogP contribution is 2.41. The predicted molar refractivity (Wildman–Crippen MR) is 63.4 cm³/mol. The van der Waals surface area contributed by atoms with Crippen LogP contribution in [0, 0.1) is 5.92 Å². The molecule has 1 aliphatic carbocycles. The summed E-state index contributed by atoms with van der Waals surface area (Å²) in [5.74, 6) is 0.191. The minimum absolute atomic E-state index is 0.166. The molecule has 17 heavy (non-hydrogen) atoms. The minimum atomic E-state index is -0.623. The Balaban J connectivity index is 2.19. The second-order valence-corrected chi connectivity index (χ2v) is 4.42. The van der Waals surface area contributed by atoms with Crippen molar-refractivity contribution in [3.05, 3.63) is 18.5 Å². The zero-order valence-corrected chi connectivity index (χ0v) is 10.3. The van der Waals surface area contributed by atoms with E-state index in [0.717, 1.165) is 12.8 Å². The Morgan fingerprint density at radius 1 is 1.65 bits per heavy atom. The zero-order chi connectivity index (χ0) is 12.3. The van der Waals surface area contributed by atoms with E-state index in [1.807, 2.05) is 26.2 Å². The molecule has 1 N–H and O–H groups in total. The Morgan fingerprint density at radius 3 is 2.88 bits per heavy atom. The van der Waals surface area contributed by atoms with Crippen LogP contribution in [0.5, 0.6) is 0 Å². The molecule has 0 aliphatic heterocycles. The van der Waals surface area contributed by atoms with E-state index in [4.69, 9.17) is 4.74 Å². The summed E-state index contributed by atoms with van der Waals surface area (Å²) in [5.41, 5.74) is -0.623. The summed E-state index contributed by atoms with van der Waals surface area (Å²) in [4.78, 5) is 12.2. The van der Waals surface area contributed by atoms with Crippen LogP contribution in [-0.4, -0.2) is 34.9 Å². The molecular weight excluding hydrogens is 218 g/mol. The Hall–Kier alpha value is -1.36. The fourth-order valence-electron chi connectivity index (χ4n) is 2.23. The average Bonchev–Trinajstić information content (AvgIpc) is 3.05. The van der Waals surface area contributed by atoms with Gasteiger partial charge in [-0.1, -0.05) is 0 Å². The summed E-state index contributed by atoms with van der Waals surface area (Å²) in [7, 11) is 1.82. The van der Waals surface area contributed by atoms with E-state index in [0.29, 0.717) is 19.1 Å². The first-order chi connectivity index (χ1) is 8.23. The number of hydrogen-bond acceptors (Lipinski definition) is 4. The molecule has 5 nitrogen and oxygen atoms in total. The van der Waals surface area contributed by atoms with E-state index in [1.54, 1.807) is 10.9 Å². The number of nitrogens with one attached hydrogen (secondary N) is 1. The van der Waals surface area contributed by atoms with Gasteiger partial charge in [-0.15, -0.1) is 0 Å². The number of rotatable bonds is 6. The number of nitrogens with zero attached hydrogens (tertiary/aromatic N) is 2. The molecule has 0 radical (unpaired) electrons. The number of aromatic nitrogens is 2. The maximum atomic E-state index is 12.2. The molecule has 0 aromatic carbocycles. The van der Waals surface area contributed by atoms with Crippen LogP contribution >= 0.6 is 0 Å². The van der Waals surface area contributed by atoms with E-state index in [-0.39, 0.29) is 5.97 Å². The van der Waals surface area contributed by atoms with Crippen molar-refractivity contribution in [3.63, 3.8) is 0 Å². The number of carbonyl (C=O) groups excluding carboxylic acids is 1. The third-order valence-corrected chi connectivity index (χ3v) is 3.33. The van der Waals surface area contributed by atoms with Crippen LogP contribution in [0.3, 0.4) is 0 Å². The third-order valence-electron chi connectivity index (χ3n) is 3.33. The lowest BCUT2D eigenvalue weighted by Gasteiger charge is -2.31. The molecule has 1 aromatic heterocycles. The van der Waals surface area contributed by atoms with Crippen LogP contribution in [0.25, 0.3) is 0 Å². The van der Waals surface area contributed by atoms with Gasteiger partial charge in [-0.25, -0.2) is 4.79 Å². The molecule has 1 aromatic rings. The molecule has 94 valence electrons. The van der Waals surface area contributed by atoms with Gasteiger partial charge in [0.2, 0.25) is 0 Å². The van der Waals surface area contributed by atoms with Gasteiger partial charge in [-0.2, -0.15) is 5.10 Å². The van der Waals surface area contributed by atoms with Crippen LogP contribution < -0.4 is 5.32 Å². The Bertz CT molecular complexity index is 373. The number of hydrogen-bond donors (Lipinski definition) is 1. The number of ether oxygens (including phenoxy) is 1. The quantitative estimate of drug-likeness (QED) is 0.744. The molecule has 1 aliphatic rings. The lowest BCUT2D eigenvalue weighted by Crippen LogP contribution is -2.56. The smallest absolute Gasteiger partial charge is 0.328 e. The summed E-state index contributed by atoms with van der Waals surface area (Å²) in [6.07, 6.45) is 5.73. The lowest BCUT2D eigenvalue weighted by molar-refractivity contribution is -0.153. The van der Waals surface area contributed by atoms with E-state index in [2.05, 4.69) is 10.4 Å². The molecule has 0 bridgehead atoms. The zero-order valence-electron chi connectivity index (χ0n) is 10.3. The second kappa shape index (κ2) is 4.87. The van der Waals surface area contributed by atoms with Crippen molar-refractivity contribution in [1.29, 1.82) is 0 Å². The maximum absolute atomic E-state index is 12.2. The van der Waals surface area contributed by atoms with Crippen molar-refractivity contribution in [2.75, 3.05) is 13.7 Å². The van der Waals surface area contributed by atoms with E-state index < -0.39 is 5.54 Å². The molecule has 0 spiro atoms. The molecule has 1 saturated carbocycles. The molecule has 0 amide bonds. The molecular formula is C12H19N3O2. The van der Waals surface area contributed by atoms with Crippen LogP contribution in [0.1, 0.15) is 19.8 Å². The first kappa shape index (κ1) is 12.1. The van der Waals surface area contributed by atoms with Gasteiger partial charge >= 0.3 is 5.97 Å². The SMILES string of the molecule is CCOC(=O)C(Cn1cccn1)(NC)C1CC1. The van der Waals surface area contributed by atoms with Gasteiger partial charge < -0.3 is 10.1 Å². The maximum Gasteiger partial charge on any atom is 0.328 e. The van der Waals surface area contributed by atoms with Crippen LogP contribution in [0.2, 0.25) is 0 Å². The summed E-state index contributed by atoms with van der Waals surface area (Å²) in [6, 6.07) is 1.86. The number of esters is 1. The Morgan fingerprint density at radius 2 is 2.41 bits per heavy atom. The highest BCUT2D eigenvalue weighted by molar-refractivity contribution is 5.81. The van der Waals surface area contributed by atoms with Gasteiger partial charge in [0.05, 0.1) is 13.2 Å². The molecule has 1 unspecified atom stereocenters. The molecule has 5 heteroatoms. The molecule has 0 saturated heterocycles. The van der Waals surface area contributed by atoms with Crippen molar-refractivity contribution in [1.82, 2.24) is 15.1 Å².